The van der Waals surface area contributed by atoms with Crippen molar-refractivity contribution in [3.63, 3.8) is 0 Å². The van der Waals surface area contributed by atoms with Crippen molar-refractivity contribution in [1.82, 2.24) is 9.97 Å². The molecule has 3 rings (SSSR count). The van der Waals surface area contributed by atoms with Crippen molar-refractivity contribution in [1.29, 1.82) is 0 Å². The van der Waals surface area contributed by atoms with Gasteiger partial charge >= 0.3 is 0 Å². The Kier molecular flexibility index (Phi) is 3.12. The lowest BCUT2D eigenvalue weighted by atomic mass is 10.2. The minimum atomic E-state index is -0.248. The molecular formula is C15H12N4O2. The molecule has 0 unspecified atom stereocenters. The summed E-state index contributed by atoms with van der Waals surface area (Å²) in [6.07, 6.45) is 2.25. The first kappa shape index (κ1) is 12.9. The number of nitrogens with zero attached hydrogens (tertiary/aromatic N) is 1. The molecule has 4 N–H and O–H groups in total. The second-order valence-corrected chi connectivity index (χ2v) is 4.58. The Morgan fingerprint density at radius 3 is 2.71 bits per heavy atom. The Bertz CT molecular complexity index is 821. The van der Waals surface area contributed by atoms with Crippen LogP contribution in [0.25, 0.3) is 11.0 Å². The summed E-state index contributed by atoms with van der Waals surface area (Å²) < 4.78 is 0. The van der Waals surface area contributed by atoms with Crippen LogP contribution in [0.3, 0.4) is 0 Å². The van der Waals surface area contributed by atoms with E-state index in [-0.39, 0.29) is 5.91 Å². The molecule has 6 heteroatoms. The normalized spacial score (nSPS) is 10.5. The summed E-state index contributed by atoms with van der Waals surface area (Å²) in [6.45, 7) is 0. The molecule has 0 saturated heterocycles. The van der Waals surface area contributed by atoms with Gasteiger partial charge < -0.3 is 16.0 Å². The number of hydrogen-bond acceptors (Lipinski definition) is 4. The highest BCUT2D eigenvalue weighted by Crippen LogP contribution is 2.18. The lowest BCUT2D eigenvalue weighted by Crippen LogP contribution is -2.11. The van der Waals surface area contributed by atoms with Gasteiger partial charge in [0.25, 0.3) is 5.91 Å². The van der Waals surface area contributed by atoms with E-state index < -0.39 is 0 Å². The third-order valence-corrected chi connectivity index (χ3v) is 3.05. The van der Waals surface area contributed by atoms with Crippen LogP contribution in [-0.2, 0) is 0 Å². The van der Waals surface area contributed by atoms with Crippen LogP contribution in [0.15, 0.2) is 42.6 Å². The SMILES string of the molecule is Nc1ccc(C(=O)Nc2cnc3[nH]c(C=O)cc3c2)cc1. The molecule has 0 aliphatic rings. The van der Waals surface area contributed by atoms with Crippen molar-refractivity contribution in [2.75, 3.05) is 11.1 Å². The Hall–Kier alpha value is -3.15. The minimum absolute atomic E-state index is 0.248. The summed E-state index contributed by atoms with van der Waals surface area (Å²) in [4.78, 5) is 29.8. The van der Waals surface area contributed by atoms with Crippen molar-refractivity contribution in [3.8, 4) is 0 Å². The number of carbonyl (C=O) groups is 2. The van der Waals surface area contributed by atoms with Crippen molar-refractivity contribution >= 4 is 34.6 Å². The Morgan fingerprint density at radius 2 is 2.00 bits per heavy atom. The Balaban J connectivity index is 1.85. The molecule has 0 bridgehead atoms. The molecule has 104 valence electrons. The van der Waals surface area contributed by atoms with Gasteiger partial charge in [-0.05, 0) is 36.4 Å². The van der Waals surface area contributed by atoms with Gasteiger partial charge in [-0.15, -0.1) is 0 Å². The fourth-order valence-corrected chi connectivity index (χ4v) is 2.01. The highest BCUT2D eigenvalue weighted by molar-refractivity contribution is 6.05. The number of amides is 1. The molecule has 0 radical (unpaired) electrons. The molecule has 3 aromatic rings. The zero-order chi connectivity index (χ0) is 14.8. The van der Waals surface area contributed by atoms with E-state index in [1.165, 1.54) is 6.20 Å². The topological polar surface area (TPSA) is 101 Å². The van der Waals surface area contributed by atoms with Crippen molar-refractivity contribution in [2.24, 2.45) is 0 Å². The molecule has 6 nitrogen and oxygen atoms in total. The summed E-state index contributed by atoms with van der Waals surface area (Å²) in [5.41, 5.74) is 8.29. The van der Waals surface area contributed by atoms with Crippen LogP contribution in [0, 0.1) is 0 Å². The molecule has 0 aliphatic heterocycles. The number of nitrogens with two attached hydrogens (primary N) is 1. The molecule has 1 amide bonds. The van der Waals surface area contributed by atoms with E-state index in [4.69, 9.17) is 5.73 Å². The number of pyridine rings is 1. The van der Waals surface area contributed by atoms with Crippen molar-refractivity contribution in [3.05, 3.63) is 53.9 Å². The van der Waals surface area contributed by atoms with Gasteiger partial charge in [-0.3, -0.25) is 9.59 Å². The predicted octanol–water partition coefficient (Wildman–Crippen LogP) is 2.21. The summed E-state index contributed by atoms with van der Waals surface area (Å²) in [7, 11) is 0. The van der Waals surface area contributed by atoms with E-state index in [1.807, 2.05) is 0 Å². The van der Waals surface area contributed by atoms with Gasteiger partial charge in [-0.2, -0.15) is 0 Å². The first-order valence-corrected chi connectivity index (χ1v) is 6.26. The fraction of sp³-hybridized carbons (Fsp3) is 0. The minimum Gasteiger partial charge on any atom is -0.399 e. The third kappa shape index (κ3) is 2.59. The van der Waals surface area contributed by atoms with Crippen LogP contribution in [0.4, 0.5) is 11.4 Å². The van der Waals surface area contributed by atoms with E-state index in [2.05, 4.69) is 15.3 Å². The van der Waals surface area contributed by atoms with E-state index >= 15 is 0 Å². The average molecular weight is 280 g/mol. The average Bonchev–Trinajstić information content (AvgIpc) is 2.90. The summed E-state index contributed by atoms with van der Waals surface area (Å²) in [5.74, 6) is -0.248. The second-order valence-electron chi connectivity index (χ2n) is 4.58. The van der Waals surface area contributed by atoms with Crippen LogP contribution in [-0.4, -0.2) is 22.2 Å². The molecule has 0 saturated carbocycles. The quantitative estimate of drug-likeness (QED) is 0.505. The van der Waals surface area contributed by atoms with Gasteiger partial charge in [0.2, 0.25) is 0 Å². The van der Waals surface area contributed by atoms with E-state index in [0.717, 1.165) is 5.39 Å². The number of fused-ring (bicyclic) bond motifs is 1. The van der Waals surface area contributed by atoms with Gasteiger partial charge in [-0.25, -0.2) is 4.98 Å². The highest BCUT2D eigenvalue weighted by atomic mass is 16.1. The number of nitrogens with one attached hydrogen (secondary N) is 2. The number of carbonyl (C=O) groups excluding carboxylic acids is 2. The zero-order valence-corrected chi connectivity index (χ0v) is 11.0. The first-order valence-electron chi connectivity index (χ1n) is 6.26. The molecular weight excluding hydrogens is 268 g/mol. The maximum absolute atomic E-state index is 12.1. The predicted molar refractivity (Wildman–Crippen MR) is 80.3 cm³/mol. The Morgan fingerprint density at radius 1 is 1.24 bits per heavy atom. The number of H-pyrrole nitrogens is 1. The first-order chi connectivity index (χ1) is 10.2. The van der Waals surface area contributed by atoms with Gasteiger partial charge in [0.05, 0.1) is 17.6 Å². The maximum atomic E-state index is 12.1. The standard InChI is InChI=1S/C15H12N4O2/c16-11-3-1-9(2-4-11)15(21)19-12-5-10-6-13(8-20)18-14(10)17-7-12/h1-8H,16H2,(H,17,18)(H,19,21). The number of anilines is 2. The smallest absolute Gasteiger partial charge is 0.255 e. The van der Waals surface area contributed by atoms with Crippen molar-refractivity contribution in [2.45, 2.75) is 0 Å². The van der Waals surface area contributed by atoms with Gasteiger partial charge in [0.1, 0.15) is 5.65 Å². The molecule has 0 atom stereocenters. The number of rotatable bonds is 3. The van der Waals surface area contributed by atoms with E-state index in [9.17, 15) is 9.59 Å². The lowest BCUT2D eigenvalue weighted by Gasteiger charge is -2.05. The molecule has 2 heterocycles. The van der Waals surface area contributed by atoms with Crippen LogP contribution >= 0.6 is 0 Å². The summed E-state index contributed by atoms with van der Waals surface area (Å²) in [5, 5.41) is 3.51. The van der Waals surface area contributed by atoms with Crippen LogP contribution in [0.5, 0.6) is 0 Å². The number of hydrogen-bond donors (Lipinski definition) is 3. The zero-order valence-electron chi connectivity index (χ0n) is 11.0. The molecule has 1 aromatic carbocycles. The monoisotopic (exact) mass is 280 g/mol. The van der Waals surface area contributed by atoms with Gasteiger partial charge in [0.15, 0.2) is 6.29 Å². The number of aromatic nitrogens is 2. The third-order valence-electron chi connectivity index (χ3n) is 3.05. The highest BCUT2D eigenvalue weighted by Gasteiger charge is 2.08. The van der Waals surface area contributed by atoms with Crippen LogP contribution in [0.1, 0.15) is 20.8 Å². The molecule has 21 heavy (non-hydrogen) atoms. The second kappa shape index (κ2) is 5.09. The van der Waals surface area contributed by atoms with Crippen molar-refractivity contribution < 1.29 is 9.59 Å². The molecule has 0 fully saturated rings. The number of nitrogen functional groups attached to an aromatic ring is 1. The Labute approximate surface area is 120 Å². The summed E-state index contributed by atoms with van der Waals surface area (Å²) in [6, 6.07) is 10.1. The molecule has 2 aromatic heterocycles. The number of aromatic amines is 1. The number of benzene rings is 1. The number of aldehydes is 1. The van der Waals surface area contributed by atoms with E-state index in [0.29, 0.717) is 34.6 Å². The van der Waals surface area contributed by atoms with Gasteiger partial charge in [-0.1, -0.05) is 0 Å². The fourth-order valence-electron chi connectivity index (χ4n) is 2.01. The van der Waals surface area contributed by atoms with Crippen LogP contribution in [0.2, 0.25) is 0 Å². The lowest BCUT2D eigenvalue weighted by molar-refractivity contribution is 0.102. The molecule has 0 spiro atoms. The molecule has 0 aliphatic carbocycles. The maximum Gasteiger partial charge on any atom is 0.255 e. The van der Waals surface area contributed by atoms with Gasteiger partial charge in [0, 0.05) is 16.6 Å². The largest absolute Gasteiger partial charge is 0.399 e. The van der Waals surface area contributed by atoms with Crippen LogP contribution < -0.4 is 11.1 Å². The van der Waals surface area contributed by atoms with E-state index in [1.54, 1.807) is 36.4 Å². The summed E-state index contributed by atoms with van der Waals surface area (Å²) >= 11 is 0.